The van der Waals surface area contributed by atoms with Crippen LogP contribution in [0.15, 0.2) is 59.5 Å². The van der Waals surface area contributed by atoms with Crippen LogP contribution in [0.1, 0.15) is 15.9 Å². The van der Waals surface area contributed by atoms with Crippen LogP contribution in [-0.2, 0) is 14.6 Å². The topological polar surface area (TPSA) is 104 Å². The zero-order chi connectivity index (χ0) is 18.4. The van der Waals surface area contributed by atoms with Gasteiger partial charge in [-0.1, -0.05) is 36.4 Å². The third-order valence-electron chi connectivity index (χ3n) is 3.21. The maximum Gasteiger partial charge on any atom is 0.338 e. The fourth-order valence-electron chi connectivity index (χ4n) is 2.06. The van der Waals surface area contributed by atoms with Crippen molar-refractivity contribution in [2.45, 2.75) is 4.90 Å². The van der Waals surface area contributed by atoms with Gasteiger partial charge >= 0.3 is 5.97 Å². The van der Waals surface area contributed by atoms with E-state index in [2.05, 4.69) is 0 Å². The Hall–Kier alpha value is -3.00. The molecule has 0 aliphatic rings. The van der Waals surface area contributed by atoms with Crippen molar-refractivity contribution in [1.29, 1.82) is 0 Å². The van der Waals surface area contributed by atoms with E-state index in [0.717, 1.165) is 24.0 Å². The molecule has 0 aliphatic carbocycles. The molecule has 0 saturated carbocycles. The number of esters is 1. The van der Waals surface area contributed by atoms with Crippen molar-refractivity contribution < 1.29 is 22.9 Å². The van der Waals surface area contributed by atoms with Crippen molar-refractivity contribution in [1.82, 2.24) is 0 Å². The van der Waals surface area contributed by atoms with Gasteiger partial charge in [-0.3, -0.25) is 10.1 Å². The number of ether oxygens (including phenoxy) is 1. The highest BCUT2D eigenvalue weighted by atomic mass is 32.2. The van der Waals surface area contributed by atoms with Gasteiger partial charge in [-0.15, -0.1) is 0 Å². The Bertz CT molecular complexity index is 919. The Balaban J connectivity index is 2.10. The van der Waals surface area contributed by atoms with Gasteiger partial charge in [0.05, 0.1) is 10.5 Å². The lowest BCUT2D eigenvalue weighted by Crippen LogP contribution is -2.08. The number of carbonyl (C=O) groups is 1. The molecule has 0 unspecified atom stereocenters. The summed E-state index contributed by atoms with van der Waals surface area (Å²) in [7, 11) is -3.78. The van der Waals surface area contributed by atoms with Gasteiger partial charge in [0.2, 0.25) is 0 Å². The highest BCUT2D eigenvalue weighted by molar-refractivity contribution is 7.90. The summed E-state index contributed by atoms with van der Waals surface area (Å²) in [5.74, 6) is -0.777. The second kappa shape index (κ2) is 7.71. The van der Waals surface area contributed by atoms with Crippen LogP contribution in [0, 0.1) is 10.1 Å². The molecule has 2 rings (SSSR count). The minimum Gasteiger partial charge on any atom is -0.458 e. The van der Waals surface area contributed by atoms with Crippen LogP contribution in [-0.4, -0.2) is 32.2 Å². The highest BCUT2D eigenvalue weighted by Crippen LogP contribution is 2.25. The molecule has 0 aromatic heterocycles. The Morgan fingerprint density at radius 3 is 2.48 bits per heavy atom. The second-order valence-electron chi connectivity index (χ2n) is 5.12. The zero-order valence-corrected chi connectivity index (χ0v) is 14.1. The molecule has 0 saturated heterocycles. The van der Waals surface area contributed by atoms with E-state index in [1.807, 2.05) is 30.3 Å². The van der Waals surface area contributed by atoms with Crippen LogP contribution in [0.4, 0.5) is 5.69 Å². The maximum absolute atomic E-state index is 12.0. The van der Waals surface area contributed by atoms with E-state index < -0.39 is 31.3 Å². The molecule has 2 aromatic rings. The molecule has 0 aliphatic heterocycles. The second-order valence-corrected chi connectivity index (χ2v) is 7.11. The molecule has 0 fully saturated rings. The number of carbonyl (C=O) groups excluding carboxylic acids is 1. The Morgan fingerprint density at radius 2 is 1.88 bits per heavy atom. The third kappa shape index (κ3) is 4.98. The van der Waals surface area contributed by atoms with Gasteiger partial charge in [-0.25, -0.2) is 13.2 Å². The van der Waals surface area contributed by atoms with E-state index in [4.69, 9.17) is 4.74 Å². The third-order valence-corrected chi connectivity index (χ3v) is 4.36. The monoisotopic (exact) mass is 361 g/mol. The van der Waals surface area contributed by atoms with Crippen LogP contribution >= 0.6 is 0 Å². The summed E-state index contributed by atoms with van der Waals surface area (Å²) in [6, 6.07) is 12.5. The molecule has 7 nitrogen and oxygen atoms in total. The molecular weight excluding hydrogens is 346 g/mol. The minimum atomic E-state index is -3.78. The number of nitrogens with zero attached hydrogens (tertiary/aromatic N) is 1. The highest BCUT2D eigenvalue weighted by Gasteiger charge is 2.24. The zero-order valence-electron chi connectivity index (χ0n) is 13.3. The molecule has 0 amide bonds. The van der Waals surface area contributed by atoms with Crippen molar-refractivity contribution in [2.24, 2.45) is 0 Å². The van der Waals surface area contributed by atoms with Gasteiger partial charge in [0, 0.05) is 12.3 Å². The quantitative estimate of drug-likeness (QED) is 0.445. The first-order valence-electron chi connectivity index (χ1n) is 7.16. The van der Waals surface area contributed by atoms with Crippen LogP contribution < -0.4 is 0 Å². The first-order chi connectivity index (χ1) is 11.8. The Kier molecular flexibility index (Phi) is 5.66. The van der Waals surface area contributed by atoms with Crippen LogP contribution in [0.2, 0.25) is 0 Å². The summed E-state index contributed by atoms with van der Waals surface area (Å²) in [5, 5.41) is 11.0. The molecule has 8 heteroatoms. The predicted octanol–water partition coefficient (Wildman–Crippen LogP) is 2.87. The van der Waals surface area contributed by atoms with Gasteiger partial charge in [-0.2, -0.15) is 0 Å². The molecule has 25 heavy (non-hydrogen) atoms. The Labute approximate surface area is 144 Å². The standard InChI is InChI=1S/C17H15NO6S/c1-25(22,23)16-10-9-14(12-15(16)18(20)21)17(19)24-11-5-8-13-6-3-2-4-7-13/h2-10,12H,11H2,1H3/b8-5+. The SMILES string of the molecule is CS(=O)(=O)c1ccc(C(=O)OC/C=C/c2ccccc2)cc1[N+](=O)[O-]. The minimum absolute atomic E-state index is 0.0185. The molecule has 2 aromatic carbocycles. The van der Waals surface area contributed by atoms with E-state index in [9.17, 15) is 23.3 Å². The van der Waals surface area contributed by atoms with Crippen molar-refractivity contribution >= 4 is 27.6 Å². The number of sulfone groups is 1. The number of rotatable bonds is 6. The van der Waals surface area contributed by atoms with E-state index >= 15 is 0 Å². The lowest BCUT2D eigenvalue weighted by atomic mass is 10.2. The summed E-state index contributed by atoms with van der Waals surface area (Å²) in [6.07, 6.45) is 4.26. The van der Waals surface area contributed by atoms with Crippen molar-refractivity contribution in [3.8, 4) is 0 Å². The molecule has 0 atom stereocenters. The number of nitro benzene ring substituents is 1. The fraction of sp³-hybridized carbons (Fsp3) is 0.118. The normalized spacial score (nSPS) is 11.4. The van der Waals surface area contributed by atoms with E-state index in [0.29, 0.717) is 0 Å². The molecule has 0 radical (unpaired) electrons. The summed E-state index contributed by atoms with van der Waals surface area (Å²) in [4.78, 5) is 21.7. The summed E-state index contributed by atoms with van der Waals surface area (Å²) >= 11 is 0. The molecule has 0 heterocycles. The lowest BCUT2D eigenvalue weighted by Gasteiger charge is -2.05. The largest absolute Gasteiger partial charge is 0.458 e. The van der Waals surface area contributed by atoms with Gasteiger partial charge in [0.1, 0.15) is 11.5 Å². The van der Waals surface area contributed by atoms with Crippen LogP contribution in [0.3, 0.4) is 0 Å². The van der Waals surface area contributed by atoms with Crippen molar-refractivity contribution in [2.75, 3.05) is 12.9 Å². The van der Waals surface area contributed by atoms with Gasteiger partial charge in [-0.05, 0) is 23.8 Å². The van der Waals surface area contributed by atoms with Crippen molar-refractivity contribution in [3.63, 3.8) is 0 Å². The fourth-order valence-corrected chi connectivity index (χ4v) is 2.88. The molecule has 130 valence electrons. The van der Waals surface area contributed by atoms with Gasteiger partial charge in [0.25, 0.3) is 5.69 Å². The predicted molar refractivity (Wildman–Crippen MR) is 92.0 cm³/mol. The first-order valence-corrected chi connectivity index (χ1v) is 9.05. The van der Waals surface area contributed by atoms with E-state index in [-0.39, 0.29) is 12.2 Å². The lowest BCUT2D eigenvalue weighted by molar-refractivity contribution is -0.387. The first kappa shape index (κ1) is 18.3. The number of benzene rings is 2. The summed E-state index contributed by atoms with van der Waals surface area (Å²) < 4.78 is 28.1. The molecular formula is C17H15NO6S. The van der Waals surface area contributed by atoms with E-state index in [1.54, 1.807) is 12.2 Å². The van der Waals surface area contributed by atoms with Crippen LogP contribution in [0.5, 0.6) is 0 Å². The maximum atomic E-state index is 12.0. The van der Waals surface area contributed by atoms with Crippen LogP contribution in [0.25, 0.3) is 6.08 Å². The van der Waals surface area contributed by atoms with Gasteiger partial charge in [0.15, 0.2) is 9.84 Å². The Morgan fingerprint density at radius 1 is 1.20 bits per heavy atom. The van der Waals surface area contributed by atoms with Gasteiger partial charge < -0.3 is 4.74 Å². The number of hydrogen-bond donors (Lipinski definition) is 0. The number of nitro groups is 1. The number of hydrogen-bond acceptors (Lipinski definition) is 6. The smallest absolute Gasteiger partial charge is 0.338 e. The summed E-state index contributed by atoms with van der Waals surface area (Å²) in [6.45, 7) is -0.0185. The summed E-state index contributed by atoms with van der Waals surface area (Å²) in [5.41, 5.74) is 0.190. The van der Waals surface area contributed by atoms with E-state index in [1.165, 1.54) is 6.07 Å². The molecule has 0 spiro atoms. The molecule has 0 bridgehead atoms. The average Bonchev–Trinajstić information content (AvgIpc) is 2.58. The molecule has 0 N–H and O–H groups in total. The average molecular weight is 361 g/mol. The van der Waals surface area contributed by atoms with Crippen molar-refractivity contribution in [3.05, 3.63) is 75.8 Å².